The van der Waals surface area contributed by atoms with Crippen LogP contribution < -0.4 is 10.6 Å². The first kappa shape index (κ1) is 12.4. The molecule has 1 fully saturated rings. The lowest BCUT2D eigenvalue weighted by Gasteiger charge is -2.23. The largest absolute Gasteiger partial charge is 0.379 e. The Labute approximate surface area is 106 Å². The van der Waals surface area contributed by atoms with E-state index in [1.165, 1.54) is 0 Å². The summed E-state index contributed by atoms with van der Waals surface area (Å²) in [6, 6.07) is 2.28. The fourth-order valence-corrected chi connectivity index (χ4v) is 2.16. The number of thioether (sulfide) groups is 1. The third-order valence-electron chi connectivity index (χ3n) is 2.66. The first-order chi connectivity index (χ1) is 8.31. The highest BCUT2D eigenvalue weighted by atomic mass is 32.2. The molecule has 1 aromatic heterocycles. The van der Waals surface area contributed by atoms with Gasteiger partial charge in [-0.3, -0.25) is 0 Å². The molecule has 0 radical (unpaired) electrons. The maximum atomic E-state index is 5.44. The summed E-state index contributed by atoms with van der Waals surface area (Å²) in [4.78, 5) is 8.77. The lowest BCUT2D eigenvalue weighted by Crippen LogP contribution is -2.30. The summed E-state index contributed by atoms with van der Waals surface area (Å²) in [5, 5.41) is 7.22. The number of nitrogens with zero attached hydrogens (tertiary/aromatic N) is 2. The number of ether oxygens (including phenoxy) is 1. The minimum atomic E-state index is 0.359. The molecule has 1 atom stereocenters. The molecular weight excluding hydrogens is 236 g/mol. The molecule has 1 aliphatic heterocycles. The molecule has 0 saturated carbocycles. The van der Waals surface area contributed by atoms with Crippen molar-refractivity contribution >= 4 is 23.4 Å². The molecule has 0 aromatic carbocycles. The number of hydrogen-bond acceptors (Lipinski definition) is 6. The Morgan fingerprint density at radius 3 is 2.88 bits per heavy atom. The van der Waals surface area contributed by atoms with E-state index in [0.29, 0.717) is 6.04 Å². The van der Waals surface area contributed by atoms with E-state index in [2.05, 4.69) is 20.6 Å². The van der Waals surface area contributed by atoms with Crippen LogP contribution in [-0.2, 0) is 4.74 Å². The van der Waals surface area contributed by atoms with Gasteiger partial charge in [-0.15, -0.1) is 0 Å². The second-order valence-corrected chi connectivity index (χ2v) is 4.71. The van der Waals surface area contributed by atoms with Crippen molar-refractivity contribution < 1.29 is 4.74 Å². The Balaban J connectivity index is 2.07. The van der Waals surface area contributed by atoms with Gasteiger partial charge < -0.3 is 15.4 Å². The van der Waals surface area contributed by atoms with Crippen LogP contribution in [0.3, 0.4) is 0 Å². The maximum absolute atomic E-state index is 5.44. The van der Waals surface area contributed by atoms with E-state index in [1.807, 2.05) is 19.4 Å². The lowest BCUT2D eigenvalue weighted by molar-refractivity contribution is 0.0875. The summed E-state index contributed by atoms with van der Waals surface area (Å²) in [5.74, 6) is 1.70. The fraction of sp³-hybridized carbons (Fsp3) is 0.636. The third-order valence-corrected chi connectivity index (χ3v) is 3.20. The van der Waals surface area contributed by atoms with Gasteiger partial charge in [0.2, 0.25) is 0 Å². The number of anilines is 2. The quantitative estimate of drug-likeness (QED) is 0.631. The van der Waals surface area contributed by atoms with E-state index in [9.17, 15) is 0 Å². The highest BCUT2D eigenvalue weighted by molar-refractivity contribution is 7.98. The van der Waals surface area contributed by atoms with Gasteiger partial charge >= 0.3 is 0 Å². The molecule has 1 saturated heterocycles. The Hall–Kier alpha value is -1.01. The van der Waals surface area contributed by atoms with Gasteiger partial charge in [-0.1, -0.05) is 11.8 Å². The average Bonchev–Trinajstić information content (AvgIpc) is 2.39. The van der Waals surface area contributed by atoms with Gasteiger partial charge in [-0.2, -0.15) is 0 Å². The zero-order valence-electron chi connectivity index (χ0n) is 10.2. The summed E-state index contributed by atoms with van der Waals surface area (Å²) in [5.41, 5.74) is 0. The lowest BCUT2D eigenvalue weighted by atomic mass is 10.1. The van der Waals surface area contributed by atoms with E-state index in [1.54, 1.807) is 11.8 Å². The molecule has 2 N–H and O–H groups in total. The second kappa shape index (κ2) is 6.07. The Morgan fingerprint density at radius 2 is 2.24 bits per heavy atom. The molecule has 2 rings (SSSR count). The summed E-state index contributed by atoms with van der Waals surface area (Å²) in [6.07, 6.45) is 4.22. The van der Waals surface area contributed by atoms with Crippen molar-refractivity contribution in [1.29, 1.82) is 0 Å². The van der Waals surface area contributed by atoms with Crippen molar-refractivity contribution in [2.24, 2.45) is 0 Å². The van der Waals surface area contributed by atoms with Gasteiger partial charge in [0, 0.05) is 19.7 Å². The van der Waals surface area contributed by atoms with Gasteiger partial charge in [0.05, 0.1) is 12.6 Å². The fourth-order valence-electron chi connectivity index (χ4n) is 1.78. The Morgan fingerprint density at radius 1 is 1.41 bits per heavy atom. The number of nitrogens with one attached hydrogen (secondary N) is 2. The smallest absolute Gasteiger partial charge is 0.191 e. The molecular formula is C11H18N4OS. The first-order valence-electron chi connectivity index (χ1n) is 5.77. The van der Waals surface area contributed by atoms with Crippen LogP contribution in [0.4, 0.5) is 11.6 Å². The maximum Gasteiger partial charge on any atom is 0.191 e. The first-order valence-corrected chi connectivity index (χ1v) is 6.99. The zero-order valence-corrected chi connectivity index (χ0v) is 11.0. The van der Waals surface area contributed by atoms with Crippen molar-refractivity contribution in [2.45, 2.75) is 24.0 Å². The van der Waals surface area contributed by atoms with Crippen LogP contribution in [0.2, 0.25) is 0 Å². The van der Waals surface area contributed by atoms with E-state index < -0.39 is 0 Å². The van der Waals surface area contributed by atoms with E-state index in [-0.39, 0.29) is 0 Å². The van der Waals surface area contributed by atoms with Crippen LogP contribution in [0.25, 0.3) is 0 Å². The second-order valence-electron chi connectivity index (χ2n) is 3.93. The highest BCUT2D eigenvalue weighted by Gasteiger charge is 2.14. The van der Waals surface area contributed by atoms with Crippen molar-refractivity contribution in [3.8, 4) is 0 Å². The van der Waals surface area contributed by atoms with E-state index in [0.717, 1.165) is 42.8 Å². The van der Waals surface area contributed by atoms with Crippen LogP contribution in [0.5, 0.6) is 0 Å². The Kier molecular flexibility index (Phi) is 4.44. The molecule has 2 heterocycles. The predicted octanol–water partition coefficient (Wildman–Crippen LogP) is 1.83. The van der Waals surface area contributed by atoms with Crippen molar-refractivity contribution in [3.63, 3.8) is 0 Å². The van der Waals surface area contributed by atoms with Gasteiger partial charge in [0.1, 0.15) is 11.6 Å². The summed E-state index contributed by atoms with van der Waals surface area (Å²) in [6.45, 7) is 1.63. The zero-order chi connectivity index (χ0) is 12.1. The number of hydrogen-bond donors (Lipinski definition) is 2. The molecule has 6 heteroatoms. The van der Waals surface area contributed by atoms with Crippen LogP contribution in [0, 0.1) is 0 Å². The monoisotopic (exact) mass is 254 g/mol. The van der Waals surface area contributed by atoms with Crippen LogP contribution in [0.1, 0.15) is 12.8 Å². The molecule has 0 spiro atoms. The molecule has 0 aliphatic carbocycles. The van der Waals surface area contributed by atoms with E-state index >= 15 is 0 Å². The molecule has 94 valence electrons. The van der Waals surface area contributed by atoms with Gasteiger partial charge in [0.25, 0.3) is 0 Å². The van der Waals surface area contributed by atoms with E-state index in [4.69, 9.17) is 4.74 Å². The molecule has 1 aromatic rings. The van der Waals surface area contributed by atoms with Crippen molar-refractivity contribution in [1.82, 2.24) is 9.97 Å². The average molecular weight is 254 g/mol. The number of rotatable bonds is 4. The summed E-state index contributed by atoms with van der Waals surface area (Å²) in [7, 11) is 1.86. The molecule has 17 heavy (non-hydrogen) atoms. The van der Waals surface area contributed by atoms with Crippen molar-refractivity contribution in [3.05, 3.63) is 6.07 Å². The number of aromatic nitrogens is 2. The molecule has 0 bridgehead atoms. The molecule has 5 nitrogen and oxygen atoms in total. The summed E-state index contributed by atoms with van der Waals surface area (Å²) >= 11 is 1.54. The van der Waals surface area contributed by atoms with Crippen LogP contribution >= 0.6 is 11.8 Å². The van der Waals surface area contributed by atoms with Gasteiger partial charge in [-0.25, -0.2) is 9.97 Å². The van der Waals surface area contributed by atoms with Gasteiger partial charge in [-0.05, 0) is 19.1 Å². The molecule has 0 amide bonds. The molecule has 1 unspecified atom stereocenters. The minimum absolute atomic E-state index is 0.359. The van der Waals surface area contributed by atoms with Crippen LogP contribution in [-0.4, -0.2) is 42.5 Å². The van der Waals surface area contributed by atoms with Crippen molar-refractivity contribution in [2.75, 3.05) is 37.2 Å². The highest BCUT2D eigenvalue weighted by Crippen LogP contribution is 2.19. The topological polar surface area (TPSA) is 59.1 Å². The summed E-state index contributed by atoms with van der Waals surface area (Å²) < 4.78 is 5.44. The normalized spacial score (nSPS) is 20.0. The Bertz CT molecular complexity index is 346. The predicted molar refractivity (Wildman–Crippen MR) is 70.8 cm³/mol. The SMILES string of the molecule is CNc1cc(NC2CCCOC2)nc(SC)n1. The van der Waals surface area contributed by atoms with Crippen LogP contribution in [0.15, 0.2) is 11.2 Å². The molecule has 1 aliphatic rings. The minimum Gasteiger partial charge on any atom is -0.379 e. The van der Waals surface area contributed by atoms with Gasteiger partial charge in [0.15, 0.2) is 5.16 Å². The standard InChI is InChI=1S/C11H18N4OS/c1-12-9-6-10(15-11(14-9)17-2)13-8-4-3-5-16-7-8/h6,8H,3-5,7H2,1-2H3,(H2,12,13,14,15). The third kappa shape index (κ3) is 3.47.